The Morgan fingerprint density at radius 3 is 2.07 bits per heavy atom. The lowest BCUT2D eigenvalue weighted by Gasteiger charge is -2.41. The molecule has 240 valence electrons. The van der Waals surface area contributed by atoms with E-state index in [1.165, 1.54) is 42.1 Å². The number of rotatable bonds is 9. The third-order valence-electron chi connectivity index (χ3n) is 7.49. The minimum atomic E-state index is -2.38. The quantitative estimate of drug-likeness (QED) is 0.0744. The number of aliphatic hydroxyl groups is 1. The molecule has 1 fully saturated rings. The predicted molar refractivity (Wildman–Crippen MR) is 158 cm³/mol. The topological polar surface area (TPSA) is 105 Å². The van der Waals surface area contributed by atoms with Gasteiger partial charge in [-0.1, -0.05) is 43.3 Å². The van der Waals surface area contributed by atoms with Crippen molar-refractivity contribution in [2.45, 2.75) is 36.9 Å². The normalized spacial score (nSPS) is 19.5. The van der Waals surface area contributed by atoms with Gasteiger partial charge in [-0.2, -0.15) is 0 Å². The summed E-state index contributed by atoms with van der Waals surface area (Å²) in [4.78, 5) is 24.7. The maximum absolute atomic E-state index is 14.2. The Balaban J connectivity index is 1.40. The molecular formula is C33H26F5NO6S. The molecule has 46 heavy (non-hydrogen) atoms. The summed E-state index contributed by atoms with van der Waals surface area (Å²) in [6.07, 6.45) is -1.93. The average molecular weight is 660 g/mol. The van der Waals surface area contributed by atoms with E-state index >= 15 is 0 Å². The van der Waals surface area contributed by atoms with Gasteiger partial charge < -0.3 is 25.0 Å². The summed E-state index contributed by atoms with van der Waals surface area (Å²) in [5.41, 5.74) is 0.397. The van der Waals surface area contributed by atoms with Crippen molar-refractivity contribution in [1.29, 1.82) is 0 Å². The van der Waals surface area contributed by atoms with Crippen molar-refractivity contribution in [3.63, 3.8) is 0 Å². The van der Waals surface area contributed by atoms with Crippen LogP contribution in [-0.2, 0) is 16.1 Å². The highest BCUT2D eigenvalue weighted by atomic mass is 32.2. The maximum Gasteiger partial charge on any atom is 0.335 e. The number of anilines is 1. The van der Waals surface area contributed by atoms with Crippen LogP contribution in [0.25, 0.3) is 0 Å². The minimum absolute atomic E-state index is 0.0226. The second kappa shape index (κ2) is 14.0. The van der Waals surface area contributed by atoms with Crippen LogP contribution in [0.3, 0.4) is 0 Å². The van der Waals surface area contributed by atoms with Crippen molar-refractivity contribution in [3.05, 3.63) is 130 Å². The first kappa shape index (κ1) is 33.1. The van der Waals surface area contributed by atoms with Gasteiger partial charge in [0, 0.05) is 27.8 Å². The summed E-state index contributed by atoms with van der Waals surface area (Å²) in [5.74, 6) is -13.7. The van der Waals surface area contributed by atoms with Crippen molar-refractivity contribution in [2.75, 3.05) is 11.1 Å². The summed E-state index contributed by atoms with van der Waals surface area (Å²) in [6.45, 7) is 1.80. The smallest absolute Gasteiger partial charge is 0.335 e. The van der Waals surface area contributed by atoms with Gasteiger partial charge >= 0.3 is 5.97 Å². The van der Waals surface area contributed by atoms with E-state index in [0.717, 1.165) is 10.5 Å². The SMILES string of the molecule is CC1C(CSc2ccc(C(=O)O)cc2)OC(c2cccc(NC(=O)c3c(F)c(F)c(F)c(F)c3F)c2)OC1c1ccc(CO)cc1. The van der Waals surface area contributed by atoms with Crippen molar-refractivity contribution in [2.24, 2.45) is 5.92 Å². The van der Waals surface area contributed by atoms with Gasteiger partial charge in [0.15, 0.2) is 29.6 Å². The molecule has 0 aliphatic carbocycles. The van der Waals surface area contributed by atoms with E-state index < -0.39 is 65.0 Å². The van der Waals surface area contributed by atoms with E-state index in [1.54, 1.807) is 30.3 Å². The van der Waals surface area contributed by atoms with Gasteiger partial charge in [0.2, 0.25) is 5.82 Å². The van der Waals surface area contributed by atoms with E-state index in [9.17, 15) is 41.8 Å². The minimum Gasteiger partial charge on any atom is -0.478 e. The molecule has 4 aromatic rings. The van der Waals surface area contributed by atoms with Crippen LogP contribution in [0.1, 0.15) is 56.7 Å². The molecule has 4 atom stereocenters. The Morgan fingerprint density at radius 2 is 1.46 bits per heavy atom. The second-order valence-electron chi connectivity index (χ2n) is 10.5. The first-order valence-corrected chi connectivity index (χ1v) is 14.9. The molecule has 0 radical (unpaired) electrons. The molecule has 0 spiro atoms. The number of carbonyl (C=O) groups excluding carboxylic acids is 1. The lowest BCUT2D eigenvalue weighted by atomic mass is 9.91. The molecule has 4 aromatic carbocycles. The van der Waals surface area contributed by atoms with Crippen LogP contribution in [0, 0.1) is 35.0 Å². The second-order valence-corrected chi connectivity index (χ2v) is 11.6. The molecule has 4 unspecified atom stereocenters. The summed E-state index contributed by atoms with van der Waals surface area (Å²) in [7, 11) is 0. The first-order chi connectivity index (χ1) is 22.0. The standard InChI is InChI=1S/C33H26F5NO6S/c1-16-23(15-46-22-11-9-19(10-12-22)32(42)43)44-33(45-30(16)18-7-5-17(14-40)6-8-18)20-3-2-4-21(13-20)39-31(41)24-25(34)27(36)29(38)28(37)26(24)35/h2-13,16,23,30,33,40H,14-15H2,1H3,(H,39,41)(H,42,43). The Bertz CT molecular complexity index is 1730. The van der Waals surface area contributed by atoms with Crippen molar-refractivity contribution < 1.29 is 51.2 Å². The number of thioether (sulfide) groups is 1. The number of hydrogen-bond acceptors (Lipinski definition) is 6. The lowest BCUT2D eigenvalue weighted by Crippen LogP contribution is -2.38. The molecule has 7 nitrogen and oxygen atoms in total. The van der Waals surface area contributed by atoms with Gasteiger partial charge in [-0.15, -0.1) is 11.8 Å². The molecule has 1 saturated heterocycles. The zero-order valence-electron chi connectivity index (χ0n) is 24.0. The first-order valence-electron chi connectivity index (χ1n) is 13.9. The van der Waals surface area contributed by atoms with Gasteiger partial charge in [0.1, 0.15) is 5.56 Å². The molecular weight excluding hydrogens is 633 g/mol. The Labute approximate surface area is 264 Å². The summed E-state index contributed by atoms with van der Waals surface area (Å²) in [5, 5.41) is 20.8. The monoisotopic (exact) mass is 659 g/mol. The van der Waals surface area contributed by atoms with Gasteiger partial charge in [0.25, 0.3) is 5.91 Å². The van der Waals surface area contributed by atoms with Crippen LogP contribution in [0.15, 0.2) is 77.7 Å². The number of benzene rings is 4. The fourth-order valence-electron chi connectivity index (χ4n) is 4.94. The number of aromatic carboxylic acids is 1. The number of amides is 1. The molecule has 0 bridgehead atoms. The van der Waals surface area contributed by atoms with Crippen LogP contribution >= 0.6 is 11.8 Å². The highest BCUT2D eigenvalue weighted by Gasteiger charge is 2.38. The molecule has 0 aromatic heterocycles. The molecule has 5 rings (SSSR count). The summed E-state index contributed by atoms with van der Waals surface area (Å²) < 4.78 is 82.1. The molecule has 1 heterocycles. The van der Waals surface area contributed by atoms with E-state index in [2.05, 4.69) is 5.32 Å². The van der Waals surface area contributed by atoms with Gasteiger partial charge in [-0.25, -0.2) is 26.7 Å². The maximum atomic E-state index is 14.2. The molecule has 13 heteroatoms. The third kappa shape index (κ3) is 6.92. The van der Waals surface area contributed by atoms with Gasteiger partial charge in [0.05, 0.1) is 24.4 Å². The number of hydrogen-bond donors (Lipinski definition) is 3. The molecule has 1 aliphatic rings. The predicted octanol–water partition coefficient (Wildman–Crippen LogP) is 7.41. The number of carbonyl (C=O) groups is 2. The fourth-order valence-corrected chi connectivity index (χ4v) is 6.01. The van der Waals surface area contributed by atoms with Crippen LogP contribution in [0.2, 0.25) is 0 Å². The Kier molecular flexibility index (Phi) is 10.1. The summed E-state index contributed by atoms with van der Waals surface area (Å²) >= 11 is 1.44. The number of nitrogens with one attached hydrogen (secondary N) is 1. The van der Waals surface area contributed by atoms with Crippen molar-refractivity contribution >= 4 is 29.3 Å². The van der Waals surface area contributed by atoms with E-state index in [1.807, 2.05) is 19.1 Å². The molecule has 0 saturated carbocycles. The van der Waals surface area contributed by atoms with E-state index in [0.29, 0.717) is 16.9 Å². The lowest BCUT2D eigenvalue weighted by molar-refractivity contribution is -0.268. The van der Waals surface area contributed by atoms with Gasteiger partial charge in [-0.05, 0) is 47.5 Å². The number of aliphatic hydroxyl groups excluding tert-OH is 1. The number of ether oxygens (including phenoxy) is 2. The molecule has 1 amide bonds. The van der Waals surface area contributed by atoms with Crippen LogP contribution in [0.4, 0.5) is 27.6 Å². The number of halogens is 5. The fraction of sp³-hybridized carbons (Fsp3) is 0.212. The molecule has 3 N–H and O–H groups in total. The van der Waals surface area contributed by atoms with Gasteiger partial charge in [-0.3, -0.25) is 4.79 Å². The highest BCUT2D eigenvalue weighted by molar-refractivity contribution is 7.99. The van der Waals surface area contributed by atoms with E-state index in [4.69, 9.17) is 9.47 Å². The number of carboxylic acid groups (broad SMARTS) is 1. The zero-order valence-corrected chi connectivity index (χ0v) is 24.8. The van der Waals surface area contributed by atoms with Crippen molar-refractivity contribution in [1.82, 2.24) is 0 Å². The Hall–Kier alpha value is -4.30. The Morgan fingerprint density at radius 1 is 0.826 bits per heavy atom. The third-order valence-corrected chi connectivity index (χ3v) is 8.59. The van der Waals surface area contributed by atoms with E-state index in [-0.39, 0.29) is 23.8 Å². The zero-order chi connectivity index (χ0) is 33.1. The highest BCUT2D eigenvalue weighted by Crippen LogP contribution is 2.43. The molecule has 1 aliphatic heterocycles. The average Bonchev–Trinajstić information content (AvgIpc) is 3.06. The largest absolute Gasteiger partial charge is 0.478 e. The van der Waals surface area contributed by atoms with Crippen LogP contribution in [-0.4, -0.2) is 33.9 Å². The van der Waals surface area contributed by atoms with Crippen LogP contribution < -0.4 is 5.32 Å². The van der Waals surface area contributed by atoms with Crippen molar-refractivity contribution in [3.8, 4) is 0 Å². The number of carboxylic acids is 1. The summed E-state index contributed by atoms with van der Waals surface area (Å²) in [6, 6.07) is 19.4. The van der Waals surface area contributed by atoms with Crippen LogP contribution in [0.5, 0.6) is 0 Å².